The number of carbonyl (C=O) groups excluding carboxylic acids is 2. The molecule has 10 nitrogen and oxygen atoms in total. The van der Waals surface area contributed by atoms with Crippen LogP contribution in [0.25, 0.3) is 46.1 Å². The lowest BCUT2D eigenvalue weighted by molar-refractivity contribution is 0.111. The molecule has 5 heterocycles. The molecule has 0 aliphatic carbocycles. The topological polar surface area (TPSA) is 138 Å². The smallest absolute Gasteiger partial charge is 0.245 e. The highest BCUT2D eigenvalue weighted by Gasteiger charge is 2.15. The van der Waals surface area contributed by atoms with E-state index in [1.54, 1.807) is 36.4 Å². The Morgan fingerprint density at radius 1 is 0.594 bits per heavy atom. The average molecular weight is 424 g/mol. The molecule has 5 aromatic heterocycles. The lowest BCUT2D eigenvalue weighted by Crippen LogP contribution is -1.90. The second-order valence-electron chi connectivity index (χ2n) is 6.48. The molecule has 10 heteroatoms. The van der Waals surface area contributed by atoms with Gasteiger partial charge in [0.05, 0.1) is 24.8 Å². The van der Waals surface area contributed by atoms with Crippen LogP contribution in [0, 0.1) is 0 Å². The van der Waals surface area contributed by atoms with Gasteiger partial charge in [-0.25, -0.2) is 24.9 Å². The standard InChI is InChI=1S/C22H12N6O4/c29-11-13-3-1-5-15(26-13)21-24-9-19(31-21)17-7-23-8-18(28-17)20-10-25-22(32-20)16-6-2-4-14(12-30)27-16/h1-12H. The summed E-state index contributed by atoms with van der Waals surface area (Å²) >= 11 is 0. The highest BCUT2D eigenvalue weighted by atomic mass is 16.4. The predicted molar refractivity (Wildman–Crippen MR) is 110 cm³/mol. The first kappa shape index (κ1) is 19.1. The average Bonchev–Trinajstić information content (AvgIpc) is 3.55. The van der Waals surface area contributed by atoms with E-state index in [1.807, 2.05) is 0 Å². The summed E-state index contributed by atoms with van der Waals surface area (Å²) in [5, 5.41) is 0. The van der Waals surface area contributed by atoms with Crippen LogP contribution >= 0.6 is 0 Å². The van der Waals surface area contributed by atoms with Gasteiger partial charge < -0.3 is 8.83 Å². The zero-order chi connectivity index (χ0) is 21.9. The largest absolute Gasteiger partial charge is 0.433 e. The van der Waals surface area contributed by atoms with Crippen LogP contribution in [0.3, 0.4) is 0 Å². The van der Waals surface area contributed by atoms with Gasteiger partial charge in [0.2, 0.25) is 11.8 Å². The zero-order valence-corrected chi connectivity index (χ0v) is 16.2. The predicted octanol–water partition coefficient (Wildman–Crippen LogP) is 3.54. The molecule has 0 spiro atoms. The summed E-state index contributed by atoms with van der Waals surface area (Å²) in [6, 6.07) is 9.94. The maximum Gasteiger partial charge on any atom is 0.245 e. The molecule has 0 aliphatic rings. The second kappa shape index (κ2) is 8.11. The third kappa shape index (κ3) is 3.67. The quantitative estimate of drug-likeness (QED) is 0.372. The Morgan fingerprint density at radius 3 is 1.56 bits per heavy atom. The second-order valence-corrected chi connectivity index (χ2v) is 6.48. The van der Waals surface area contributed by atoms with Crippen LogP contribution in [-0.2, 0) is 0 Å². The van der Waals surface area contributed by atoms with Gasteiger partial charge >= 0.3 is 0 Å². The molecule has 0 N–H and O–H groups in total. The summed E-state index contributed by atoms with van der Waals surface area (Å²) in [6.07, 6.45) is 7.35. The highest BCUT2D eigenvalue weighted by molar-refractivity contribution is 5.73. The number of nitrogens with zero attached hydrogens (tertiary/aromatic N) is 6. The van der Waals surface area contributed by atoms with Crippen LogP contribution in [0.4, 0.5) is 0 Å². The number of aromatic nitrogens is 6. The molecule has 0 aromatic carbocycles. The van der Waals surface area contributed by atoms with E-state index in [4.69, 9.17) is 8.83 Å². The molecule has 0 bridgehead atoms. The van der Waals surface area contributed by atoms with E-state index in [1.165, 1.54) is 24.8 Å². The van der Waals surface area contributed by atoms with Crippen LogP contribution in [0.5, 0.6) is 0 Å². The maximum atomic E-state index is 10.9. The number of aldehydes is 2. The van der Waals surface area contributed by atoms with Crippen molar-refractivity contribution in [3.63, 3.8) is 0 Å². The van der Waals surface area contributed by atoms with Crippen molar-refractivity contribution in [2.24, 2.45) is 0 Å². The van der Waals surface area contributed by atoms with Crippen molar-refractivity contribution < 1.29 is 18.4 Å². The Hall–Kier alpha value is -4.86. The van der Waals surface area contributed by atoms with Gasteiger partial charge in [-0.3, -0.25) is 14.6 Å². The minimum atomic E-state index is 0.249. The first-order chi connectivity index (χ1) is 15.7. The number of hydrogen-bond donors (Lipinski definition) is 0. The van der Waals surface area contributed by atoms with Gasteiger partial charge in [-0.2, -0.15) is 0 Å². The number of rotatable bonds is 6. The van der Waals surface area contributed by atoms with Crippen molar-refractivity contribution in [3.8, 4) is 46.1 Å². The molecule has 32 heavy (non-hydrogen) atoms. The lowest BCUT2D eigenvalue weighted by atomic mass is 10.3. The normalized spacial score (nSPS) is 10.8. The summed E-state index contributed by atoms with van der Waals surface area (Å²) in [7, 11) is 0. The Morgan fingerprint density at radius 2 is 1.09 bits per heavy atom. The Bertz CT molecular complexity index is 1340. The fourth-order valence-electron chi connectivity index (χ4n) is 2.90. The van der Waals surface area contributed by atoms with Crippen molar-refractivity contribution in [1.82, 2.24) is 29.9 Å². The molecule has 5 rings (SSSR count). The van der Waals surface area contributed by atoms with E-state index in [0.29, 0.717) is 46.9 Å². The Labute approximate surface area is 180 Å². The number of oxazole rings is 2. The van der Waals surface area contributed by atoms with Gasteiger partial charge in [0.15, 0.2) is 24.1 Å². The highest BCUT2D eigenvalue weighted by Crippen LogP contribution is 2.27. The SMILES string of the molecule is O=Cc1cccc(-c2ncc(-c3cncc(-c4cnc(-c5cccc(C=O)n5)o4)n3)o2)n1. The molecule has 154 valence electrons. The molecular weight excluding hydrogens is 412 g/mol. The Kier molecular flexibility index (Phi) is 4.85. The van der Waals surface area contributed by atoms with E-state index >= 15 is 0 Å². The molecular formula is C22H12N6O4. The van der Waals surface area contributed by atoms with Gasteiger partial charge in [-0.1, -0.05) is 12.1 Å². The number of carbonyl (C=O) groups is 2. The fraction of sp³-hybridized carbons (Fsp3) is 0. The summed E-state index contributed by atoms with van der Waals surface area (Å²) in [5.41, 5.74) is 2.25. The van der Waals surface area contributed by atoms with Crippen molar-refractivity contribution >= 4 is 12.6 Å². The Balaban J connectivity index is 1.44. The van der Waals surface area contributed by atoms with Gasteiger partial charge in [-0.05, 0) is 24.3 Å². The van der Waals surface area contributed by atoms with Crippen LogP contribution in [0.15, 0.2) is 70.0 Å². The number of pyridine rings is 2. The molecule has 0 atom stereocenters. The molecule has 0 amide bonds. The van der Waals surface area contributed by atoms with E-state index in [9.17, 15) is 9.59 Å². The minimum absolute atomic E-state index is 0.249. The molecule has 0 fully saturated rings. The van der Waals surface area contributed by atoms with Crippen LogP contribution in [0.1, 0.15) is 21.0 Å². The summed E-state index contributed by atoms with van der Waals surface area (Å²) < 4.78 is 11.5. The van der Waals surface area contributed by atoms with E-state index < -0.39 is 0 Å². The molecule has 0 aliphatic heterocycles. The van der Waals surface area contributed by atoms with E-state index in [0.717, 1.165) is 0 Å². The van der Waals surface area contributed by atoms with Crippen molar-refractivity contribution in [2.75, 3.05) is 0 Å². The molecule has 0 radical (unpaired) electrons. The molecule has 0 unspecified atom stereocenters. The first-order valence-corrected chi connectivity index (χ1v) is 9.33. The van der Waals surface area contributed by atoms with Gasteiger partial charge in [0, 0.05) is 0 Å². The summed E-state index contributed by atoms with van der Waals surface area (Å²) in [4.78, 5) is 47.4. The fourth-order valence-corrected chi connectivity index (χ4v) is 2.90. The van der Waals surface area contributed by atoms with Gasteiger partial charge in [0.1, 0.15) is 34.2 Å². The first-order valence-electron chi connectivity index (χ1n) is 9.33. The number of hydrogen-bond acceptors (Lipinski definition) is 10. The minimum Gasteiger partial charge on any atom is -0.433 e. The van der Waals surface area contributed by atoms with Crippen LogP contribution in [0.2, 0.25) is 0 Å². The van der Waals surface area contributed by atoms with Crippen molar-refractivity contribution in [3.05, 3.63) is 72.6 Å². The molecule has 0 saturated heterocycles. The third-order valence-corrected chi connectivity index (χ3v) is 4.37. The van der Waals surface area contributed by atoms with Crippen molar-refractivity contribution in [2.45, 2.75) is 0 Å². The maximum absolute atomic E-state index is 10.9. The van der Waals surface area contributed by atoms with Gasteiger partial charge in [-0.15, -0.1) is 0 Å². The van der Waals surface area contributed by atoms with E-state index in [-0.39, 0.29) is 23.2 Å². The summed E-state index contributed by atoms with van der Waals surface area (Å²) in [6.45, 7) is 0. The zero-order valence-electron chi connectivity index (χ0n) is 16.2. The molecule has 0 saturated carbocycles. The monoisotopic (exact) mass is 424 g/mol. The summed E-state index contributed by atoms with van der Waals surface area (Å²) in [5.74, 6) is 1.23. The van der Waals surface area contributed by atoms with Crippen LogP contribution < -0.4 is 0 Å². The van der Waals surface area contributed by atoms with Gasteiger partial charge in [0.25, 0.3) is 0 Å². The van der Waals surface area contributed by atoms with E-state index in [2.05, 4.69) is 29.9 Å². The van der Waals surface area contributed by atoms with Crippen LogP contribution in [-0.4, -0.2) is 42.5 Å². The third-order valence-electron chi connectivity index (χ3n) is 4.37. The lowest BCUT2D eigenvalue weighted by Gasteiger charge is -1.99. The van der Waals surface area contributed by atoms with Crippen molar-refractivity contribution in [1.29, 1.82) is 0 Å². The molecule has 5 aromatic rings.